The molecule has 0 aliphatic rings. The van der Waals surface area contributed by atoms with Crippen molar-refractivity contribution in [1.29, 1.82) is 0 Å². The van der Waals surface area contributed by atoms with Crippen molar-refractivity contribution >= 4 is 28.5 Å². The molecule has 0 aliphatic carbocycles. The molecule has 2 aromatic carbocycles. The number of esters is 1. The fraction of sp³-hybridized carbons (Fsp3) is 0.0476. The van der Waals surface area contributed by atoms with Crippen molar-refractivity contribution in [2.24, 2.45) is 0 Å². The highest BCUT2D eigenvalue weighted by Crippen LogP contribution is 2.30. The molecule has 0 saturated heterocycles. The lowest BCUT2D eigenvalue weighted by Gasteiger charge is -2.07. The molecule has 28 heavy (non-hydrogen) atoms. The molecule has 3 N–H and O–H groups in total. The van der Waals surface area contributed by atoms with E-state index in [9.17, 15) is 9.59 Å². The molecule has 0 atom stereocenters. The summed E-state index contributed by atoms with van der Waals surface area (Å²) >= 11 is 0. The van der Waals surface area contributed by atoms with Gasteiger partial charge in [-0.1, -0.05) is 48.5 Å². The number of benzene rings is 2. The Hall–Kier alpha value is -4.00. The van der Waals surface area contributed by atoms with Crippen molar-refractivity contribution in [2.75, 3.05) is 12.3 Å². The van der Waals surface area contributed by atoms with Crippen LogP contribution in [0.1, 0.15) is 20.8 Å². The summed E-state index contributed by atoms with van der Waals surface area (Å²) in [7, 11) is 0. The summed E-state index contributed by atoms with van der Waals surface area (Å²) in [6.07, 6.45) is 2.71. The smallest absolute Gasteiger partial charge is 0.361 e. The van der Waals surface area contributed by atoms with Crippen molar-refractivity contribution in [1.82, 2.24) is 15.0 Å². The number of nitrogen functional groups attached to an aromatic ring is 1. The van der Waals surface area contributed by atoms with Gasteiger partial charge in [-0.3, -0.25) is 4.79 Å². The fourth-order valence-corrected chi connectivity index (χ4v) is 3.03. The Kier molecular flexibility index (Phi) is 4.55. The first-order valence-electron chi connectivity index (χ1n) is 8.58. The Morgan fingerprint density at radius 1 is 0.964 bits per heavy atom. The normalized spacial score (nSPS) is 10.7. The average molecular weight is 372 g/mol. The number of H-pyrrole nitrogens is 1. The van der Waals surface area contributed by atoms with E-state index >= 15 is 0 Å². The highest BCUT2D eigenvalue weighted by atomic mass is 16.5. The molecule has 4 rings (SSSR count). The summed E-state index contributed by atoms with van der Waals surface area (Å²) in [4.78, 5) is 36.1. The van der Waals surface area contributed by atoms with Crippen LogP contribution < -0.4 is 5.73 Å². The quantitative estimate of drug-likeness (QED) is 0.411. The van der Waals surface area contributed by atoms with Crippen LogP contribution in [0.4, 0.5) is 5.82 Å². The first-order chi connectivity index (χ1) is 13.6. The van der Waals surface area contributed by atoms with Gasteiger partial charge in [-0.2, -0.15) is 0 Å². The molecule has 0 radical (unpaired) electrons. The van der Waals surface area contributed by atoms with Crippen molar-refractivity contribution in [3.05, 3.63) is 78.2 Å². The van der Waals surface area contributed by atoms with Crippen LogP contribution in [0.2, 0.25) is 0 Å². The topological polar surface area (TPSA) is 111 Å². The largest absolute Gasteiger partial charge is 0.452 e. The van der Waals surface area contributed by atoms with E-state index in [2.05, 4.69) is 15.0 Å². The van der Waals surface area contributed by atoms with E-state index in [0.29, 0.717) is 11.3 Å². The summed E-state index contributed by atoms with van der Waals surface area (Å²) in [5.74, 6) is -1.16. The molecule has 2 heterocycles. The Morgan fingerprint density at radius 2 is 1.68 bits per heavy atom. The SMILES string of the molecule is Nc1nccnc1C(=O)OCC(=O)c1c(-c2ccccc2)[nH]c2ccccc12. The predicted octanol–water partition coefficient (Wildman–Crippen LogP) is 3.25. The van der Waals surface area contributed by atoms with E-state index in [4.69, 9.17) is 10.5 Å². The van der Waals surface area contributed by atoms with Crippen LogP contribution in [-0.2, 0) is 4.74 Å². The fourth-order valence-electron chi connectivity index (χ4n) is 3.03. The molecule has 0 spiro atoms. The second-order valence-electron chi connectivity index (χ2n) is 6.08. The first kappa shape index (κ1) is 17.4. The van der Waals surface area contributed by atoms with Gasteiger partial charge in [0.2, 0.25) is 5.78 Å². The molecule has 7 heteroatoms. The zero-order chi connectivity index (χ0) is 19.5. The molecule has 0 amide bonds. The number of carbonyl (C=O) groups is 2. The number of hydrogen-bond donors (Lipinski definition) is 2. The lowest BCUT2D eigenvalue weighted by molar-refractivity contribution is 0.0470. The minimum Gasteiger partial charge on any atom is -0.452 e. The number of para-hydroxylation sites is 1. The third-order valence-corrected chi connectivity index (χ3v) is 4.30. The van der Waals surface area contributed by atoms with E-state index in [1.54, 1.807) is 0 Å². The Balaban J connectivity index is 1.66. The summed E-state index contributed by atoms with van der Waals surface area (Å²) in [5, 5.41) is 0.765. The molecule has 0 bridgehead atoms. The van der Waals surface area contributed by atoms with Crippen molar-refractivity contribution in [2.45, 2.75) is 0 Å². The number of nitrogens with two attached hydrogens (primary N) is 1. The van der Waals surface area contributed by atoms with Crippen LogP contribution in [-0.4, -0.2) is 33.3 Å². The maximum atomic E-state index is 13.0. The van der Waals surface area contributed by atoms with Gasteiger partial charge in [0, 0.05) is 23.3 Å². The molecule has 0 fully saturated rings. The summed E-state index contributed by atoms with van der Waals surface area (Å²) in [6, 6.07) is 17.0. The number of carbonyl (C=O) groups excluding carboxylic acids is 2. The monoisotopic (exact) mass is 372 g/mol. The van der Waals surface area contributed by atoms with Crippen LogP contribution in [0.3, 0.4) is 0 Å². The Labute approximate surface area is 160 Å². The van der Waals surface area contributed by atoms with Gasteiger partial charge in [0.1, 0.15) is 0 Å². The van der Waals surface area contributed by atoms with E-state index in [1.165, 1.54) is 12.4 Å². The standard InChI is InChI=1S/C21H16N4O3/c22-20-19(23-10-11-24-20)21(27)28-12-16(26)17-14-8-4-5-9-15(14)25-18(17)13-6-2-1-3-7-13/h1-11,25H,12H2,(H2,22,24). The number of aromatic amines is 1. The second kappa shape index (κ2) is 7.32. The molecular formula is C21H16N4O3. The summed E-state index contributed by atoms with van der Waals surface area (Å²) in [5.41, 5.74) is 8.37. The molecule has 2 aromatic heterocycles. The van der Waals surface area contributed by atoms with Gasteiger partial charge in [0.05, 0.1) is 11.3 Å². The van der Waals surface area contributed by atoms with Crippen LogP contribution in [0.15, 0.2) is 67.0 Å². The zero-order valence-corrected chi connectivity index (χ0v) is 14.8. The van der Waals surface area contributed by atoms with Crippen LogP contribution >= 0.6 is 0 Å². The van der Waals surface area contributed by atoms with Crippen LogP contribution in [0.5, 0.6) is 0 Å². The van der Waals surface area contributed by atoms with Gasteiger partial charge in [-0.05, 0) is 11.6 Å². The predicted molar refractivity (Wildman–Crippen MR) is 105 cm³/mol. The number of anilines is 1. The van der Waals surface area contributed by atoms with Gasteiger partial charge >= 0.3 is 5.97 Å². The highest BCUT2D eigenvalue weighted by molar-refractivity contribution is 6.14. The Morgan fingerprint density at radius 3 is 2.46 bits per heavy atom. The van der Waals surface area contributed by atoms with Crippen LogP contribution in [0.25, 0.3) is 22.2 Å². The van der Waals surface area contributed by atoms with Gasteiger partial charge < -0.3 is 15.5 Å². The third kappa shape index (κ3) is 3.21. The molecule has 4 aromatic rings. The number of nitrogens with zero attached hydrogens (tertiary/aromatic N) is 2. The molecule has 7 nitrogen and oxygen atoms in total. The number of nitrogens with one attached hydrogen (secondary N) is 1. The number of ether oxygens (including phenoxy) is 1. The van der Waals surface area contributed by atoms with Crippen LogP contribution in [0, 0.1) is 0 Å². The number of fused-ring (bicyclic) bond motifs is 1. The van der Waals surface area contributed by atoms with Gasteiger partial charge in [-0.25, -0.2) is 14.8 Å². The first-order valence-corrected chi connectivity index (χ1v) is 8.58. The van der Waals surface area contributed by atoms with Crippen molar-refractivity contribution < 1.29 is 14.3 Å². The van der Waals surface area contributed by atoms with E-state index in [0.717, 1.165) is 16.5 Å². The molecule has 138 valence electrons. The lowest BCUT2D eigenvalue weighted by Crippen LogP contribution is -2.17. The third-order valence-electron chi connectivity index (χ3n) is 4.30. The number of Topliss-reactive ketones (excluding diaryl/α,β-unsaturated/α-hetero) is 1. The number of rotatable bonds is 5. The minimum absolute atomic E-state index is 0.0444. The molecule has 0 aliphatic heterocycles. The van der Waals surface area contributed by atoms with Gasteiger partial charge in [-0.15, -0.1) is 0 Å². The lowest BCUT2D eigenvalue weighted by atomic mass is 10.0. The van der Waals surface area contributed by atoms with E-state index in [1.807, 2.05) is 54.6 Å². The number of aromatic nitrogens is 3. The highest BCUT2D eigenvalue weighted by Gasteiger charge is 2.22. The average Bonchev–Trinajstić information content (AvgIpc) is 3.12. The summed E-state index contributed by atoms with van der Waals surface area (Å²) < 4.78 is 5.15. The molecular weight excluding hydrogens is 356 g/mol. The van der Waals surface area contributed by atoms with E-state index < -0.39 is 12.6 Å². The minimum atomic E-state index is -0.792. The maximum Gasteiger partial charge on any atom is 0.361 e. The zero-order valence-electron chi connectivity index (χ0n) is 14.8. The summed E-state index contributed by atoms with van der Waals surface area (Å²) in [6.45, 7) is -0.434. The van der Waals surface area contributed by atoms with Gasteiger partial charge in [0.15, 0.2) is 18.1 Å². The Bertz CT molecular complexity index is 1170. The van der Waals surface area contributed by atoms with E-state index in [-0.39, 0.29) is 17.3 Å². The number of ketones is 1. The molecule has 0 unspecified atom stereocenters. The van der Waals surface area contributed by atoms with Gasteiger partial charge in [0.25, 0.3) is 0 Å². The maximum absolute atomic E-state index is 13.0. The second-order valence-corrected chi connectivity index (χ2v) is 6.08. The van der Waals surface area contributed by atoms with Crippen molar-refractivity contribution in [3.63, 3.8) is 0 Å². The number of hydrogen-bond acceptors (Lipinski definition) is 6. The van der Waals surface area contributed by atoms with Crippen molar-refractivity contribution in [3.8, 4) is 11.3 Å². The molecule has 0 saturated carbocycles.